The van der Waals surface area contributed by atoms with E-state index in [1.54, 1.807) is 30.5 Å². The lowest BCUT2D eigenvalue weighted by Crippen LogP contribution is -2.44. The quantitative estimate of drug-likeness (QED) is 0.531. The minimum absolute atomic E-state index is 0.0381. The number of anilines is 2. The van der Waals surface area contributed by atoms with Crippen LogP contribution in [-0.4, -0.2) is 61.4 Å². The van der Waals surface area contributed by atoms with E-state index in [2.05, 4.69) is 15.1 Å². The molecule has 10 nitrogen and oxygen atoms in total. The number of halogens is 1. The highest BCUT2D eigenvalue weighted by atomic mass is 35.5. The summed E-state index contributed by atoms with van der Waals surface area (Å²) in [6.07, 6.45) is 3.26. The highest BCUT2D eigenvalue weighted by Crippen LogP contribution is 2.25. The van der Waals surface area contributed by atoms with E-state index in [9.17, 15) is 13.2 Å². The van der Waals surface area contributed by atoms with Crippen LogP contribution in [0.5, 0.6) is 0 Å². The fourth-order valence-corrected chi connectivity index (χ4v) is 5.60. The largest absolute Gasteiger partial charge is 0.382 e. The molecule has 2 atom stereocenters. The zero-order chi connectivity index (χ0) is 23.4. The molecule has 0 aliphatic carbocycles. The summed E-state index contributed by atoms with van der Waals surface area (Å²) < 4.78 is 36.1. The van der Waals surface area contributed by atoms with Crippen LogP contribution in [0.15, 0.2) is 41.3 Å². The van der Waals surface area contributed by atoms with E-state index >= 15 is 0 Å². The summed E-state index contributed by atoms with van der Waals surface area (Å²) in [6, 6.07) is 8.55. The van der Waals surface area contributed by atoms with Crippen LogP contribution in [0, 0.1) is 5.92 Å². The summed E-state index contributed by atoms with van der Waals surface area (Å²) in [4.78, 5) is 12.9. The Morgan fingerprint density at radius 3 is 2.61 bits per heavy atom. The van der Waals surface area contributed by atoms with Crippen LogP contribution in [0.25, 0.3) is 0 Å². The minimum atomic E-state index is -3.67. The summed E-state index contributed by atoms with van der Waals surface area (Å²) in [5.41, 5.74) is 6.71. The second-order valence-corrected chi connectivity index (χ2v) is 10.4. The van der Waals surface area contributed by atoms with Crippen molar-refractivity contribution in [1.82, 2.24) is 14.1 Å². The number of ether oxygens (including phenoxy) is 1. The third kappa shape index (κ3) is 5.67. The number of nitrogens with zero attached hydrogens (tertiary/aromatic N) is 3. The van der Waals surface area contributed by atoms with Gasteiger partial charge in [0.25, 0.3) is 5.56 Å². The maximum absolute atomic E-state index is 12.9. The van der Waals surface area contributed by atoms with E-state index in [1.165, 1.54) is 8.99 Å². The maximum atomic E-state index is 12.9. The van der Waals surface area contributed by atoms with Crippen LogP contribution < -0.4 is 21.3 Å². The normalized spacial score (nSPS) is 22.7. The van der Waals surface area contributed by atoms with E-state index in [0.29, 0.717) is 44.0 Å². The van der Waals surface area contributed by atoms with Crippen molar-refractivity contribution in [2.24, 2.45) is 11.7 Å². The molecule has 1 aromatic heterocycles. The molecule has 12 heteroatoms. The Bertz CT molecular complexity index is 1110. The van der Waals surface area contributed by atoms with Crippen LogP contribution in [0.1, 0.15) is 25.3 Å². The van der Waals surface area contributed by atoms with Crippen molar-refractivity contribution in [1.29, 1.82) is 0 Å². The molecule has 1 aromatic carbocycles. The second-order valence-electron chi connectivity index (χ2n) is 8.39. The molecule has 4 N–H and O–H groups in total. The molecule has 0 saturated carbocycles. The predicted molar refractivity (Wildman–Crippen MR) is 128 cm³/mol. The molecular weight excluding hydrogens is 468 g/mol. The lowest BCUT2D eigenvalue weighted by Gasteiger charge is -2.31. The molecule has 0 bridgehead atoms. The summed E-state index contributed by atoms with van der Waals surface area (Å²) in [5.74, 6) is 0.132. The zero-order valence-corrected chi connectivity index (χ0v) is 19.8. The highest BCUT2D eigenvalue weighted by molar-refractivity contribution is 7.90. The van der Waals surface area contributed by atoms with Gasteiger partial charge in [0, 0.05) is 43.9 Å². The van der Waals surface area contributed by atoms with E-state index < -0.39 is 15.8 Å². The number of benzene rings is 1. The molecular formula is C21H29ClN6O4S. The van der Waals surface area contributed by atoms with Crippen molar-refractivity contribution in [2.45, 2.75) is 31.3 Å². The minimum Gasteiger partial charge on any atom is -0.382 e. The molecule has 2 aliphatic heterocycles. The van der Waals surface area contributed by atoms with Gasteiger partial charge in [0.15, 0.2) is 0 Å². The number of aromatic nitrogens is 2. The van der Waals surface area contributed by atoms with Crippen LogP contribution in [0.2, 0.25) is 5.02 Å². The van der Waals surface area contributed by atoms with Crippen molar-refractivity contribution in [3.8, 4) is 0 Å². The summed E-state index contributed by atoms with van der Waals surface area (Å²) in [7, 11) is -3.67. The van der Waals surface area contributed by atoms with Crippen molar-refractivity contribution in [2.75, 3.05) is 42.9 Å². The second kappa shape index (κ2) is 10.4. The molecule has 4 rings (SSSR count). The van der Waals surface area contributed by atoms with Crippen molar-refractivity contribution in [3.63, 3.8) is 0 Å². The fourth-order valence-electron chi connectivity index (χ4n) is 4.14. The Labute approximate surface area is 198 Å². The molecule has 0 radical (unpaired) electrons. The van der Waals surface area contributed by atoms with Crippen LogP contribution >= 0.6 is 11.6 Å². The third-order valence-corrected chi connectivity index (χ3v) is 8.06. The first-order valence-corrected chi connectivity index (χ1v) is 12.8. The van der Waals surface area contributed by atoms with Gasteiger partial charge >= 0.3 is 10.2 Å². The summed E-state index contributed by atoms with van der Waals surface area (Å²) in [6.45, 7) is 2.32. The fraction of sp³-hybridized carbons (Fsp3) is 0.524. The Balaban J connectivity index is 1.37. The average Bonchev–Trinajstić information content (AvgIpc) is 2.81. The molecule has 2 saturated heterocycles. The molecule has 2 aromatic rings. The SMILES string of the molecule is N[C@@H]1CCOC[C@@H]1CNc1cnn(C2CCN(S(=O)(=O)Nc3ccccc3)CC2)c(=O)c1Cl. The van der Waals surface area contributed by atoms with Crippen LogP contribution in [0.3, 0.4) is 0 Å². The standard InChI is InChI=1S/C21H29ClN6O4S/c22-20-19(24-12-15-14-32-11-8-18(15)23)13-25-28(21(20)29)17-6-9-27(10-7-17)33(30,31)26-16-4-2-1-3-5-16/h1-5,13,15,17-18,24,26H,6-12,14,23H2/t15-,18+/m0/s1. The molecule has 2 aliphatic rings. The van der Waals surface area contributed by atoms with E-state index in [0.717, 1.165) is 6.42 Å². The lowest BCUT2D eigenvalue weighted by molar-refractivity contribution is 0.0469. The van der Waals surface area contributed by atoms with Gasteiger partial charge in [0.05, 0.1) is 24.5 Å². The van der Waals surface area contributed by atoms with Crippen molar-refractivity contribution >= 4 is 33.2 Å². The number of piperidine rings is 1. The smallest absolute Gasteiger partial charge is 0.301 e. The number of rotatable bonds is 7. The van der Waals surface area contributed by atoms with E-state index in [-0.39, 0.29) is 36.1 Å². The van der Waals surface area contributed by atoms with Crippen molar-refractivity contribution in [3.05, 3.63) is 51.9 Å². The highest BCUT2D eigenvalue weighted by Gasteiger charge is 2.30. The molecule has 0 unspecified atom stereocenters. The van der Waals surface area contributed by atoms with Gasteiger partial charge in [-0.25, -0.2) is 4.68 Å². The predicted octanol–water partition coefficient (Wildman–Crippen LogP) is 1.67. The monoisotopic (exact) mass is 496 g/mol. The maximum Gasteiger partial charge on any atom is 0.301 e. The van der Waals surface area contributed by atoms with E-state index in [4.69, 9.17) is 22.1 Å². The van der Waals surface area contributed by atoms with Gasteiger partial charge < -0.3 is 15.8 Å². The van der Waals surface area contributed by atoms with Crippen LogP contribution in [0.4, 0.5) is 11.4 Å². The first kappa shape index (κ1) is 24.0. The topological polar surface area (TPSA) is 132 Å². The number of nitrogens with two attached hydrogens (primary N) is 1. The zero-order valence-electron chi connectivity index (χ0n) is 18.2. The Morgan fingerprint density at radius 2 is 1.91 bits per heavy atom. The van der Waals surface area contributed by atoms with Gasteiger partial charge in [-0.3, -0.25) is 9.52 Å². The summed E-state index contributed by atoms with van der Waals surface area (Å²) in [5, 5.41) is 7.55. The first-order valence-electron chi connectivity index (χ1n) is 11.0. The number of nitrogens with one attached hydrogen (secondary N) is 2. The van der Waals surface area contributed by atoms with Gasteiger partial charge in [-0.2, -0.15) is 17.8 Å². The van der Waals surface area contributed by atoms with Gasteiger partial charge in [0.1, 0.15) is 5.02 Å². The molecule has 180 valence electrons. The molecule has 2 fully saturated rings. The Hall–Kier alpha value is -2.18. The summed E-state index contributed by atoms with van der Waals surface area (Å²) >= 11 is 6.35. The number of hydrogen-bond donors (Lipinski definition) is 3. The van der Waals surface area contributed by atoms with Crippen LogP contribution in [-0.2, 0) is 14.9 Å². The lowest BCUT2D eigenvalue weighted by atomic mass is 9.97. The van der Waals surface area contributed by atoms with Gasteiger partial charge in [-0.1, -0.05) is 29.8 Å². The van der Waals surface area contributed by atoms with Gasteiger partial charge in [-0.15, -0.1) is 0 Å². The van der Waals surface area contributed by atoms with E-state index in [1.807, 2.05) is 6.07 Å². The van der Waals surface area contributed by atoms with Crippen molar-refractivity contribution < 1.29 is 13.2 Å². The van der Waals surface area contributed by atoms with Gasteiger partial charge in [-0.05, 0) is 31.4 Å². The molecule has 33 heavy (non-hydrogen) atoms. The average molecular weight is 497 g/mol. The molecule has 3 heterocycles. The first-order chi connectivity index (χ1) is 15.8. The third-order valence-electron chi connectivity index (χ3n) is 6.16. The van der Waals surface area contributed by atoms with Gasteiger partial charge in [0.2, 0.25) is 0 Å². The molecule has 0 amide bonds. The number of hydrogen-bond acceptors (Lipinski definition) is 7. The Morgan fingerprint density at radius 1 is 1.18 bits per heavy atom. The molecule has 0 spiro atoms. The Kier molecular flexibility index (Phi) is 7.55. The number of para-hydroxylation sites is 1.